The first kappa shape index (κ1) is 21.0. The second-order valence-electron chi connectivity index (χ2n) is 6.30. The molecule has 150 valence electrons. The predicted octanol–water partition coefficient (Wildman–Crippen LogP) is 4.92. The minimum Gasteiger partial charge on any atom is -0.452 e. The number of benzene rings is 2. The SMILES string of the molecule is N#CCCN(C(=O)COC(=O)/C=C/c1ccc(-c2ccccc2)s1)c1ccccc1. The lowest BCUT2D eigenvalue weighted by molar-refractivity contribution is -0.142. The molecule has 30 heavy (non-hydrogen) atoms. The maximum atomic E-state index is 12.5. The number of para-hydroxylation sites is 1. The number of nitriles is 1. The van der Waals surface area contributed by atoms with E-state index < -0.39 is 5.97 Å². The van der Waals surface area contributed by atoms with Crippen molar-refractivity contribution in [2.45, 2.75) is 6.42 Å². The van der Waals surface area contributed by atoms with E-state index in [1.54, 1.807) is 29.5 Å². The van der Waals surface area contributed by atoms with Crippen molar-refractivity contribution >= 4 is 35.0 Å². The number of thiophene rings is 1. The number of amides is 1. The molecule has 1 heterocycles. The monoisotopic (exact) mass is 416 g/mol. The van der Waals surface area contributed by atoms with Crippen LogP contribution in [-0.4, -0.2) is 25.0 Å². The van der Waals surface area contributed by atoms with E-state index in [0.717, 1.165) is 15.3 Å². The van der Waals surface area contributed by atoms with Crippen LogP contribution >= 0.6 is 11.3 Å². The van der Waals surface area contributed by atoms with Crippen molar-refractivity contribution in [3.8, 4) is 16.5 Å². The first-order valence-electron chi connectivity index (χ1n) is 9.40. The van der Waals surface area contributed by atoms with Crippen LogP contribution < -0.4 is 4.90 Å². The standard InChI is InChI=1S/C24H20N2O3S/c25-16-7-17-26(20-10-5-2-6-11-20)23(27)18-29-24(28)15-13-21-12-14-22(30-21)19-8-3-1-4-9-19/h1-6,8-15H,7,17-18H2/b15-13+. The molecule has 0 aliphatic heterocycles. The van der Waals surface area contributed by atoms with Gasteiger partial charge in [0.2, 0.25) is 0 Å². The second-order valence-corrected chi connectivity index (χ2v) is 7.41. The highest BCUT2D eigenvalue weighted by Crippen LogP contribution is 2.28. The number of nitrogens with zero attached hydrogens (tertiary/aromatic N) is 2. The molecule has 0 N–H and O–H groups in total. The molecule has 0 aliphatic rings. The Morgan fingerprint density at radius 3 is 2.40 bits per heavy atom. The lowest BCUT2D eigenvalue weighted by atomic mass is 10.2. The molecule has 0 atom stereocenters. The van der Waals surface area contributed by atoms with Crippen molar-refractivity contribution < 1.29 is 14.3 Å². The molecule has 5 nitrogen and oxygen atoms in total. The van der Waals surface area contributed by atoms with E-state index in [1.807, 2.05) is 66.7 Å². The van der Waals surface area contributed by atoms with Gasteiger partial charge in [0.15, 0.2) is 6.61 Å². The molecule has 0 aliphatic carbocycles. The van der Waals surface area contributed by atoms with E-state index in [4.69, 9.17) is 10.00 Å². The quantitative estimate of drug-likeness (QED) is 0.386. The van der Waals surface area contributed by atoms with Crippen LogP contribution in [-0.2, 0) is 14.3 Å². The average molecular weight is 417 g/mol. The van der Waals surface area contributed by atoms with Crippen molar-refractivity contribution in [2.75, 3.05) is 18.1 Å². The molecule has 0 radical (unpaired) electrons. The highest BCUT2D eigenvalue weighted by Gasteiger charge is 2.16. The first-order valence-corrected chi connectivity index (χ1v) is 10.2. The summed E-state index contributed by atoms with van der Waals surface area (Å²) in [5.74, 6) is -0.966. The van der Waals surface area contributed by atoms with E-state index in [-0.39, 0.29) is 25.5 Å². The summed E-state index contributed by atoms with van der Waals surface area (Å²) >= 11 is 1.56. The van der Waals surface area contributed by atoms with Gasteiger partial charge in [-0.15, -0.1) is 11.3 Å². The molecule has 3 aromatic rings. The van der Waals surface area contributed by atoms with Crippen LogP contribution in [0, 0.1) is 11.3 Å². The van der Waals surface area contributed by atoms with Crippen LogP contribution in [0.15, 0.2) is 78.9 Å². The maximum absolute atomic E-state index is 12.5. The zero-order chi connectivity index (χ0) is 21.2. The van der Waals surface area contributed by atoms with Gasteiger partial charge in [-0.2, -0.15) is 5.26 Å². The van der Waals surface area contributed by atoms with Crippen molar-refractivity contribution in [3.05, 3.63) is 83.7 Å². The third-order valence-electron chi connectivity index (χ3n) is 4.22. The molecule has 0 fully saturated rings. The topological polar surface area (TPSA) is 70.4 Å². The molecule has 0 spiro atoms. The highest BCUT2D eigenvalue weighted by atomic mass is 32.1. The van der Waals surface area contributed by atoms with Gasteiger partial charge in [-0.3, -0.25) is 4.79 Å². The molecule has 1 aromatic heterocycles. The molecule has 0 saturated carbocycles. The summed E-state index contributed by atoms with van der Waals surface area (Å²) in [6.07, 6.45) is 3.18. The molecule has 0 bridgehead atoms. The van der Waals surface area contributed by atoms with Crippen molar-refractivity contribution in [3.63, 3.8) is 0 Å². The molecule has 0 saturated heterocycles. The number of hydrogen-bond donors (Lipinski definition) is 0. The van der Waals surface area contributed by atoms with Crippen LogP contribution in [0.3, 0.4) is 0 Å². The van der Waals surface area contributed by atoms with E-state index >= 15 is 0 Å². The molecular formula is C24H20N2O3S. The zero-order valence-corrected chi connectivity index (χ0v) is 17.0. The smallest absolute Gasteiger partial charge is 0.331 e. The first-order chi connectivity index (χ1) is 14.7. The predicted molar refractivity (Wildman–Crippen MR) is 119 cm³/mol. The fourth-order valence-electron chi connectivity index (χ4n) is 2.78. The Labute approximate surface area is 179 Å². The van der Waals surface area contributed by atoms with Crippen LogP contribution in [0.25, 0.3) is 16.5 Å². The van der Waals surface area contributed by atoms with Gasteiger partial charge >= 0.3 is 5.97 Å². The Morgan fingerprint density at radius 1 is 1.00 bits per heavy atom. The minimum atomic E-state index is -0.591. The van der Waals surface area contributed by atoms with Crippen LogP contribution in [0.2, 0.25) is 0 Å². The minimum absolute atomic E-state index is 0.191. The Bertz CT molecular complexity index is 1050. The summed E-state index contributed by atoms with van der Waals surface area (Å²) in [7, 11) is 0. The van der Waals surface area contributed by atoms with Gasteiger partial charge in [-0.1, -0.05) is 48.5 Å². The van der Waals surface area contributed by atoms with E-state index in [0.29, 0.717) is 5.69 Å². The van der Waals surface area contributed by atoms with Crippen LogP contribution in [0.4, 0.5) is 5.69 Å². The normalized spacial score (nSPS) is 10.5. The second kappa shape index (κ2) is 10.7. The van der Waals surface area contributed by atoms with Crippen LogP contribution in [0.1, 0.15) is 11.3 Å². The summed E-state index contributed by atoms with van der Waals surface area (Å²) in [5.41, 5.74) is 1.78. The molecule has 3 rings (SSSR count). The Morgan fingerprint density at radius 2 is 1.70 bits per heavy atom. The molecule has 1 amide bonds. The van der Waals surface area contributed by atoms with E-state index in [2.05, 4.69) is 0 Å². The van der Waals surface area contributed by atoms with Gasteiger partial charge in [0.25, 0.3) is 5.91 Å². The van der Waals surface area contributed by atoms with Gasteiger partial charge in [-0.05, 0) is 35.9 Å². The third-order valence-corrected chi connectivity index (χ3v) is 5.32. The molecule has 2 aromatic carbocycles. The number of ether oxygens (including phenoxy) is 1. The summed E-state index contributed by atoms with van der Waals surface area (Å²) in [4.78, 5) is 28.0. The Kier molecular flexibility index (Phi) is 7.53. The number of esters is 1. The maximum Gasteiger partial charge on any atom is 0.331 e. The summed E-state index contributed by atoms with van der Waals surface area (Å²) < 4.78 is 5.10. The number of carbonyl (C=O) groups is 2. The van der Waals surface area contributed by atoms with Crippen molar-refractivity contribution in [1.29, 1.82) is 5.26 Å². The van der Waals surface area contributed by atoms with Crippen LogP contribution in [0.5, 0.6) is 0 Å². The van der Waals surface area contributed by atoms with Crippen molar-refractivity contribution in [1.82, 2.24) is 0 Å². The largest absolute Gasteiger partial charge is 0.452 e. The zero-order valence-electron chi connectivity index (χ0n) is 16.2. The average Bonchev–Trinajstić information content (AvgIpc) is 3.27. The fraction of sp³-hybridized carbons (Fsp3) is 0.125. The van der Waals surface area contributed by atoms with Gasteiger partial charge in [0.05, 0.1) is 12.5 Å². The summed E-state index contributed by atoms with van der Waals surface area (Å²) in [6.45, 7) is -0.145. The van der Waals surface area contributed by atoms with Crippen molar-refractivity contribution in [2.24, 2.45) is 0 Å². The van der Waals surface area contributed by atoms with E-state index in [1.165, 1.54) is 11.0 Å². The molecule has 0 unspecified atom stereocenters. The highest BCUT2D eigenvalue weighted by molar-refractivity contribution is 7.16. The number of anilines is 1. The van der Waals surface area contributed by atoms with Gasteiger partial charge in [0, 0.05) is 28.1 Å². The van der Waals surface area contributed by atoms with Gasteiger partial charge in [-0.25, -0.2) is 4.79 Å². The molecular weight excluding hydrogens is 396 g/mol. The summed E-state index contributed by atoms with van der Waals surface area (Å²) in [5, 5.41) is 8.83. The van der Waals surface area contributed by atoms with Gasteiger partial charge in [0.1, 0.15) is 0 Å². The lowest BCUT2D eigenvalue weighted by Crippen LogP contribution is -2.35. The number of rotatable bonds is 8. The number of carbonyl (C=O) groups excluding carboxylic acids is 2. The molecule has 6 heteroatoms. The Balaban J connectivity index is 1.56. The lowest BCUT2D eigenvalue weighted by Gasteiger charge is -2.21. The summed E-state index contributed by atoms with van der Waals surface area (Å²) in [6, 6.07) is 25.0. The third kappa shape index (κ3) is 5.90. The number of hydrogen-bond acceptors (Lipinski definition) is 5. The Hall–Kier alpha value is -3.69. The van der Waals surface area contributed by atoms with Gasteiger partial charge < -0.3 is 9.64 Å². The van der Waals surface area contributed by atoms with E-state index in [9.17, 15) is 9.59 Å². The fourth-order valence-corrected chi connectivity index (χ4v) is 3.69.